The number of rotatable bonds is 4. The van der Waals surface area contributed by atoms with E-state index in [4.69, 9.17) is 5.26 Å². The van der Waals surface area contributed by atoms with E-state index in [1.54, 1.807) is 0 Å². The van der Waals surface area contributed by atoms with Crippen molar-refractivity contribution in [3.63, 3.8) is 0 Å². The Hall–Kier alpha value is -2.64. The first kappa shape index (κ1) is 14.3. The third-order valence-corrected chi connectivity index (χ3v) is 4.00. The summed E-state index contributed by atoms with van der Waals surface area (Å²) >= 11 is 1.39. The molecule has 0 saturated carbocycles. The van der Waals surface area contributed by atoms with Gasteiger partial charge in [0.1, 0.15) is 5.03 Å². The quantitative estimate of drug-likeness (QED) is 0.669. The molecular weight excluding hydrogens is 290 g/mol. The first-order valence-corrected chi connectivity index (χ1v) is 7.85. The highest BCUT2D eigenvalue weighted by Gasteiger charge is 2.03. The van der Waals surface area contributed by atoms with E-state index in [0.717, 1.165) is 16.3 Å². The maximum Gasteiger partial charge on any atom is 0.120 e. The van der Waals surface area contributed by atoms with Crippen LogP contribution in [0.25, 0.3) is 22.4 Å². The summed E-state index contributed by atoms with van der Waals surface area (Å²) in [7, 11) is 0. The fourth-order valence-corrected chi connectivity index (χ4v) is 2.60. The second kappa shape index (κ2) is 6.88. The van der Waals surface area contributed by atoms with Gasteiger partial charge in [0.2, 0.25) is 0 Å². The lowest BCUT2D eigenvalue weighted by molar-refractivity contribution is 0.937. The molecule has 0 N–H and O–H groups in total. The van der Waals surface area contributed by atoms with Gasteiger partial charge < -0.3 is 0 Å². The number of hydrogen-bond donors (Lipinski definition) is 0. The molecule has 3 rings (SSSR count). The Bertz CT molecular complexity index is 775. The summed E-state index contributed by atoms with van der Waals surface area (Å²) in [6.45, 7) is 0. The fraction of sp³-hybridized carbons (Fsp3) is 0.0556. The molecule has 0 radical (unpaired) electrons. The maximum atomic E-state index is 8.56. The van der Waals surface area contributed by atoms with E-state index in [0.29, 0.717) is 5.75 Å². The first-order chi connectivity index (χ1) is 10.9. The van der Waals surface area contributed by atoms with Crippen molar-refractivity contribution in [3.8, 4) is 28.5 Å². The van der Waals surface area contributed by atoms with Crippen molar-refractivity contribution >= 4 is 11.8 Å². The van der Waals surface area contributed by atoms with Gasteiger partial charge in [0.15, 0.2) is 0 Å². The van der Waals surface area contributed by atoms with E-state index in [2.05, 4.69) is 52.7 Å². The summed E-state index contributed by atoms with van der Waals surface area (Å²) < 4.78 is 0. The maximum absolute atomic E-state index is 8.56. The molecule has 0 aliphatic heterocycles. The lowest BCUT2D eigenvalue weighted by atomic mass is 10.0. The normalized spacial score (nSPS) is 10.1. The Balaban J connectivity index is 1.80. The topological polar surface area (TPSA) is 49.6 Å². The van der Waals surface area contributed by atoms with Crippen LogP contribution in [0.4, 0.5) is 0 Å². The summed E-state index contributed by atoms with van der Waals surface area (Å²) in [5.41, 5.74) is 4.24. The first-order valence-electron chi connectivity index (χ1n) is 6.86. The van der Waals surface area contributed by atoms with Crippen molar-refractivity contribution in [2.75, 3.05) is 5.75 Å². The highest BCUT2D eigenvalue weighted by molar-refractivity contribution is 7.99. The highest BCUT2D eigenvalue weighted by Crippen LogP contribution is 2.24. The molecule has 0 aliphatic rings. The molecule has 3 aromatic rings. The predicted molar refractivity (Wildman–Crippen MR) is 89.2 cm³/mol. The van der Waals surface area contributed by atoms with Gasteiger partial charge >= 0.3 is 0 Å². The van der Waals surface area contributed by atoms with Crippen LogP contribution in [0.3, 0.4) is 0 Å². The van der Waals surface area contributed by atoms with Gasteiger partial charge in [-0.25, -0.2) is 0 Å². The summed E-state index contributed by atoms with van der Waals surface area (Å²) in [6.07, 6.45) is 0. The zero-order valence-electron chi connectivity index (χ0n) is 11.8. The van der Waals surface area contributed by atoms with Gasteiger partial charge in [-0.3, -0.25) is 0 Å². The van der Waals surface area contributed by atoms with Crippen molar-refractivity contribution in [2.24, 2.45) is 0 Å². The molecule has 3 nitrogen and oxygen atoms in total. The molecule has 0 bridgehead atoms. The van der Waals surface area contributed by atoms with E-state index < -0.39 is 0 Å². The average Bonchev–Trinajstić information content (AvgIpc) is 2.61. The molecule has 0 atom stereocenters. The summed E-state index contributed by atoms with van der Waals surface area (Å²) in [5, 5.41) is 17.7. The standard InChI is InChI=1S/C18H13N3S/c19-12-13-22-18-11-10-17(20-21-18)16-8-6-15(7-9-16)14-4-2-1-3-5-14/h1-11H,13H2. The van der Waals surface area contributed by atoms with Crippen molar-refractivity contribution < 1.29 is 0 Å². The van der Waals surface area contributed by atoms with Gasteiger partial charge in [-0.05, 0) is 23.3 Å². The molecule has 0 saturated heterocycles. The molecular formula is C18H13N3S. The molecule has 0 aliphatic carbocycles. The molecule has 0 fully saturated rings. The predicted octanol–water partition coefficient (Wildman–Crippen LogP) is 4.43. The Morgan fingerprint density at radius 1 is 0.773 bits per heavy atom. The van der Waals surface area contributed by atoms with Crippen LogP contribution in [0, 0.1) is 11.3 Å². The van der Waals surface area contributed by atoms with Gasteiger partial charge in [0.05, 0.1) is 17.5 Å². The molecule has 0 spiro atoms. The minimum Gasteiger partial charge on any atom is -0.197 e. The van der Waals surface area contributed by atoms with Crippen LogP contribution < -0.4 is 0 Å². The lowest BCUT2D eigenvalue weighted by Crippen LogP contribution is -1.90. The molecule has 22 heavy (non-hydrogen) atoms. The Labute approximate surface area is 133 Å². The summed E-state index contributed by atoms with van der Waals surface area (Å²) in [5.74, 6) is 0.389. The average molecular weight is 303 g/mol. The second-order valence-corrected chi connectivity index (χ2v) is 5.64. The van der Waals surface area contributed by atoms with Crippen molar-refractivity contribution in [1.29, 1.82) is 5.26 Å². The van der Waals surface area contributed by atoms with E-state index in [1.165, 1.54) is 22.9 Å². The van der Waals surface area contributed by atoms with Crippen molar-refractivity contribution in [1.82, 2.24) is 10.2 Å². The molecule has 4 heteroatoms. The third-order valence-electron chi connectivity index (χ3n) is 3.21. The monoisotopic (exact) mass is 303 g/mol. The number of nitriles is 1. The molecule has 1 heterocycles. The van der Waals surface area contributed by atoms with Gasteiger partial charge in [0.25, 0.3) is 0 Å². The van der Waals surface area contributed by atoms with E-state index in [1.807, 2.05) is 30.3 Å². The smallest absolute Gasteiger partial charge is 0.120 e. The van der Waals surface area contributed by atoms with Gasteiger partial charge in [0, 0.05) is 5.56 Å². The molecule has 1 aromatic heterocycles. The zero-order valence-corrected chi connectivity index (χ0v) is 12.6. The van der Waals surface area contributed by atoms with Crippen LogP contribution >= 0.6 is 11.8 Å². The minimum atomic E-state index is 0.389. The van der Waals surface area contributed by atoms with Gasteiger partial charge in [-0.1, -0.05) is 66.4 Å². The molecule has 0 unspecified atom stereocenters. The van der Waals surface area contributed by atoms with Crippen LogP contribution in [0.1, 0.15) is 0 Å². The summed E-state index contributed by atoms with van der Waals surface area (Å²) in [6, 6.07) is 24.5. The Morgan fingerprint density at radius 2 is 1.45 bits per heavy atom. The van der Waals surface area contributed by atoms with Gasteiger partial charge in [-0.15, -0.1) is 10.2 Å². The number of thioether (sulfide) groups is 1. The largest absolute Gasteiger partial charge is 0.197 e. The van der Waals surface area contributed by atoms with Crippen LogP contribution in [0.2, 0.25) is 0 Å². The van der Waals surface area contributed by atoms with Crippen LogP contribution in [0.5, 0.6) is 0 Å². The fourth-order valence-electron chi connectivity index (χ4n) is 2.12. The van der Waals surface area contributed by atoms with Crippen LogP contribution in [0.15, 0.2) is 71.8 Å². The number of aromatic nitrogens is 2. The number of benzene rings is 2. The zero-order chi connectivity index (χ0) is 15.2. The Kier molecular flexibility index (Phi) is 4.47. The van der Waals surface area contributed by atoms with Crippen molar-refractivity contribution in [3.05, 3.63) is 66.7 Å². The van der Waals surface area contributed by atoms with Crippen LogP contribution in [-0.4, -0.2) is 16.0 Å². The SMILES string of the molecule is N#CCSc1ccc(-c2ccc(-c3ccccc3)cc2)nn1. The molecule has 0 amide bonds. The van der Waals surface area contributed by atoms with E-state index >= 15 is 0 Å². The van der Waals surface area contributed by atoms with E-state index in [9.17, 15) is 0 Å². The molecule has 2 aromatic carbocycles. The summed E-state index contributed by atoms with van der Waals surface area (Å²) in [4.78, 5) is 0. The van der Waals surface area contributed by atoms with Gasteiger partial charge in [-0.2, -0.15) is 5.26 Å². The van der Waals surface area contributed by atoms with E-state index in [-0.39, 0.29) is 0 Å². The highest BCUT2D eigenvalue weighted by atomic mass is 32.2. The molecule has 106 valence electrons. The third kappa shape index (κ3) is 3.33. The lowest BCUT2D eigenvalue weighted by Gasteiger charge is -2.04. The van der Waals surface area contributed by atoms with Crippen molar-refractivity contribution in [2.45, 2.75) is 5.03 Å². The van der Waals surface area contributed by atoms with Crippen LogP contribution in [-0.2, 0) is 0 Å². The minimum absolute atomic E-state index is 0.389. The second-order valence-electron chi connectivity index (χ2n) is 4.65. The number of hydrogen-bond acceptors (Lipinski definition) is 4. The number of nitrogens with zero attached hydrogens (tertiary/aromatic N) is 3. The Morgan fingerprint density at radius 3 is 2.09 bits per heavy atom.